The molecule has 0 spiro atoms. The van der Waals surface area contributed by atoms with Crippen molar-refractivity contribution >= 4 is 29.5 Å². The van der Waals surface area contributed by atoms with Crippen molar-refractivity contribution in [3.05, 3.63) is 113 Å². The van der Waals surface area contributed by atoms with Crippen LogP contribution in [0.2, 0.25) is 0 Å². The van der Waals surface area contributed by atoms with Gasteiger partial charge in [0.25, 0.3) is 0 Å². The first kappa shape index (κ1) is 27.6. The molecule has 0 radical (unpaired) electrons. The Labute approximate surface area is 220 Å². The quantitative estimate of drug-likeness (QED) is 0.228. The highest BCUT2D eigenvalue weighted by Gasteiger charge is 2.14. The minimum Gasteiger partial charge on any atom is -0.478 e. The highest BCUT2D eigenvalue weighted by atomic mass is 16.4. The van der Waals surface area contributed by atoms with Crippen molar-refractivity contribution in [1.82, 2.24) is 10.3 Å². The lowest BCUT2D eigenvalue weighted by Crippen LogP contribution is -2.34. The van der Waals surface area contributed by atoms with Crippen molar-refractivity contribution in [1.29, 1.82) is 0 Å². The molecule has 2 amide bonds. The molecule has 0 saturated carbocycles. The van der Waals surface area contributed by atoms with Crippen LogP contribution in [-0.2, 0) is 22.6 Å². The number of hydrogen-bond donors (Lipinski definition) is 5. The molecule has 4 rings (SSSR count). The molecule has 10 heteroatoms. The zero-order valence-corrected chi connectivity index (χ0v) is 20.6. The van der Waals surface area contributed by atoms with E-state index < -0.39 is 11.9 Å². The number of carboxylic acids is 2. The fourth-order valence-electron chi connectivity index (χ4n) is 3.52. The second kappa shape index (κ2) is 14.0. The van der Waals surface area contributed by atoms with Crippen molar-refractivity contribution in [2.75, 3.05) is 18.4 Å². The summed E-state index contributed by atoms with van der Waals surface area (Å²) in [4.78, 5) is 35.5. The minimum atomic E-state index is -1.26. The molecule has 1 heterocycles. The Bertz CT molecular complexity index is 1270. The Balaban J connectivity index is 0.000000436. The first-order valence-corrected chi connectivity index (χ1v) is 11.8. The van der Waals surface area contributed by atoms with Gasteiger partial charge in [-0.25, -0.2) is 20.2 Å². The summed E-state index contributed by atoms with van der Waals surface area (Å²) in [6.45, 7) is 2.00. The van der Waals surface area contributed by atoms with Gasteiger partial charge in [0.15, 0.2) is 0 Å². The number of nitrogens with one attached hydrogen (secondary N) is 2. The van der Waals surface area contributed by atoms with Gasteiger partial charge in [0.1, 0.15) is 5.84 Å². The zero-order valence-electron chi connectivity index (χ0n) is 20.6. The monoisotopic (exact) mass is 515 g/mol. The first-order chi connectivity index (χ1) is 18.3. The maximum Gasteiger partial charge on any atom is 0.328 e. The Morgan fingerprint density at radius 1 is 0.842 bits per heavy atom. The molecule has 6 N–H and O–H groups in total. The number of amidine groups is 1. The number of aliphatic imine (C=N–C) groups is 1. The first-order valence-electron chi connectivity index (χ1n) is 11.8. The number of carbonyl (C=O) groups excluding carboxylic acids is 1. The lowest BCUT2D eigenvalue weighted by molar-refractivity contribution is -0.134. The third-order valence-corrected chi connectivity index (χ3v) is 5.37. The van der Waals surface area contributed by atoms with Gasteiger partial charge in [0.2, 0.25) is 0 Å². The van der Waals surface area contributed by atoms with Gasteiger partial charge in [-0.05, 0) is 35.2 Å². The number of nitrogens with zero attached hydrogens (tertiary/aromatic N) is 2. The van der Waals surface area contributed by atoms with E-state index in [1.807, 2.05) is 42.5 Å². The molecule has 0 aliphatic carbocycles. The molecule has 0 saturated heterocycles. The molecule has 0 aromatic heterocycles. The van der Waals surface area contributed by atoms with E-state index in [2.05, 4.69) is 52.0 Å². The molecule has 10 nitrogen and oxygen atoms in total. The molecule has 196 valence electrons. The largest absolute Gasteiger partial charge is 0.478 e. The average molecular weight is 516 g/mol. The Morgan fingerprint density at radius 2 is 1.39 bits per heavy atom. The second-order valence-electron chi connectivity index (χ2n) is 8.27. The van der Waals surface area contributed by atoms with Crippen LogP contribution in [0, 0.1) is 0 Å². The van der Waals surface area contributed by atoms with Crippen molar-refractivity contribution < 1.29 is 24.6 Å². The molecule has 0 atom stereocenters. The van der Waals surface area contributed by atoms with Crippen LogP contribution in [0.3, 0.4) is 0 Å². The van der Waals surface area contributed by atoms with Gasteiger partial charge < -0.3 is 20.8 Å². The van der Waals surface area contributed by atoms with E-state index in [4.69, 9.17) is 16.1 Å². The topological polar surface area (TPSA) is 157 Å². The lowest BCUT2D eigenvalue weighted by Gasteiger charge is -2.13. The molecule has 0 fully saturated rings. The standard InChI is InChI=1S/C24H25N5O.C4H4O4/c25-29-15-14-26-23(29)21-12-10-19(11-13-21)16-18-6-8-20(9-7-18)17-27-24(30)28-22-4-2-1-3-5-22;5-3(6)1-2-4(7)8/h1-13H,14-17,25H2,(H2,27,28,30);1-2H,(H,5,6)(H,7,8)/b;2-1+. The maximum atomic E-state index is 12.0. The number of urea groups is 1. The van der Waals surface area contributed by atoms with Crippen molar-refractivity contribution in [3.8, 4) is 0 Å². The van der Waals surface area contributed by atoms with Gasteiger partial charge in [-0.3, -0.25) is 10.0 Å². The highest BCUT2D eigenvalue weighted by molar-refractivity contribution is 5.99. The number of carbonyl (C=O) groups is 3. The van der Waals surface area contributed by atoms with Crippen LogP contribution in [0.5, 0.6) is 0 Å². The number of hydrazine groups is 1. The number of hydrogen-bond acceptors (Lipinski definition) is 6. The number of amides is 2. The van der Waals surface area contributed by atoms with Crippen LogP contribution in [0.15, 0.2) is 96.0 Å². The van der Waals surface area contributed by atoms with Crippen molar-refractivity contribution in [2.24, 2.45) is 10.8 Å². The summed E-state index contributed by atoms with van der Waals surface area (Å²) in [6, 6.07) is 25.9. The second-order valence-corrected chi connectivity index (χ2v) is 8.27. The van der Waals surface area contributed by atoms with E-state index in [1.165, 1.54) is 11.1 Å². The maximum absolute atomic E-state index is 12.0. The molecule has 1 aliphatic heterocycles. The number of para-hydroxylation sites is 1. The van der Waals surface area contributed by atoms with Gasteiger partial charge in [0.05, 0.1) is 13.1 Å². The lowest BCUT2D eigenvalue weighted by atomic mass is 10.0. The van der Waals surface area contributed by atoms with Gasteiger partial charge in [0, 0.05) is 29.9 Å². The third-order valence-electron chi connectivity index (χ3n) is 5.37. The predicted molar refractivity (Wildman–Crippen MR) is 145 cm³/mol. The summed E-state index contributed by atoms with van der Waals surface area (Å²) in [5.74, 6) is 4.28. The van der Waals surface area contributed by atoms with E-state index in [-0.39, 0.29) is 6.03 Å². The SMILES string of the molecule is NN1CCN=C1c1ccc(Cc2ccc(CNC(=O)Nc3ccccc3)cc2)cc1.O=C(O)/C=C/C(=O)O. The van der Waals surface area contributed by atoms with Crippen LogP contribution in [0.1, 0.15) is 22.3 Å². The number of carboxylic acid groups (broad SMARTS) is 2. The number of aliphatic carboxylic acids is 2. The summed E-state index contributed by atoms with van der Waals surface area (Å²) < 4.78 is 0. The Kier molecular flexibility index (Phi) is 10.1. The molecule has 1 aliphatic rings. The molecule has 38 heavy (non-hydrogen) atoms. The summed E-state index contributed by atoms with van der Waals surface area (Å²) in [5, 5.41) is 23.0. The van der Waals surface area contributed by atoms with E-state index in [9.17, 15) is 14.4 Å². The number of nitrogens with two attached hydrogens (primary N) is 1. The van der Waals surface area contributed by atoms with Crippen molar-refractivity contribution in [3.63, 3.8) is 0 Å². The summed E-state index contributed by atoms with van der Waals surface area (Å²) >= 11 is 0. The minimum absolute atomic E-state index is 0.215. The fourth-order valence-corrected chi connectivity index (χ4v) is 3.52. The summed E-state index contributed by atoms with van der Waals surface area (Å²) in [6.07, 6.45) is 1.96. The molecule has 0 unspecified atom stereocenters. The average Bonchev–Trinajstić information content (AvgIpc) is 3.34. The molecular formula is C28H29N5O5. The third kappa shape index (κ3) is 9.25. The van der Waals surface area contributed by atoms with Crippen LogP contribution < -0.4 is 16.5 Å². The van der Waals surface area contributed by atoms with E-state index in [1.54, 1.807) is 5.01 Å². The number of anilines is 1. The normalized spacial score (nSPS) is 12.3. The molecule has 0 bridgehead atoms. The van der Waals surface area contributed by atoms with Crippen molar-refractivity contribution in [2.45, 2.75) is 13.0 Å². The van der Waals surface area contributed by atoms with Crippen LogP contribution in [0.4, 0.5) is 10.5 Å². The molecule has 3 aromatic carbocycles. The summed E-state index contributed by atoms with van der Waals surface area (Å²) in [7, 11) is 0. The van der Waals surface area contributed by atoms with Crippen LogP contribution in [-0.4, -0.2) is 52.1 Å². The van der Waals surface area contributed by atoms with E-state index >= 15 is 0 Å². The number of rotatable bonds is 8. The summed E-state index contributed by atoms with van der Waals surface area (Å²) in [5.41, 5.74) is 5.33. The zero-order chi connectivity index (χ0) is 27.3. The Morgan fingerprint density at radius 3 is 1.92 bits per heavy atom. The number of benzene rings is 3. The fraction of sp³-hybridized carbons (Fsp3) is 0.143. The predicted octanol–water partition coefficient (Wildman–Crippen LogP) is 3.25. The van der Waals surface area contributed by atoms with Gasteiger partial charge in [-0.1, -0.05) is 66.7 Å². The Hall–Kier alpha value is -4.96. The highest BCUT2D eigenvalue weighted by Crippen LogP contribution is 2.14. The van der Waals surface area contributed by atoms with Gasteiger partial charge >= 0.3 is 18.0 Å². The van der Waals surface area contributed by atoms with E-state index in [0.29, 0.717) is 18.7 Å². The molecule has 3 aromatic rings. The smallest absolute Gasteiger partial charge is 0.328 e. The van der Waals surface area contributed by atoms with Crippen LogP contribution >= 0.6 is 0 Å². The van der Waals surface area contributed by atoms with Gasteiger partial charge in [-0.2, -0.15) is 0 Å². The van der Waals surface area contributed by atoms with E-state index in [0.717, 1.165) is 42.2 Å². The van der Waals surface area contributed by atoms with Gasteiger partial charge in [-0.15, -0.1) is 0 Å². The molecular weight excluding hydrogens is 486 g/mol. The van der Waals surface area contributed by atoms with Crippen LogP contribution in [0.25, 0.3) is 0 Å².